The van der Waals surface area contributed by atoms with Crippen molar-refractivity contribution >= 4 is 11.5 Å². The Morgan fingerprint density at radius 1 is 1.35 bits per heavy atom. The molecule has 0 aromatic carbocycles. The lowest BCUT2D eigenvalue weighted by Crippen LogP contribution is -2.15. The van der Waals surface area contributed by atoms with Gasteiger partial charge in [-0.3, -0.25) is 10.1 Å². The molecule has 0 atom stereocenters. The second-order valence-electron chi connectivity index (χ2n) is 4.79. The van der Waals surface area contributed by atoms with Crippen LogP contribution in [-0.2, 0) is 0 Å². The third-order valence-corrected chi connectivity index (χ3v) is 2.62. The van der Waals surface area contributed by atoms with E-state index in [1.165, 1.54) is 11.0 Å². The smallest absolute Gasteiger partial charge is 0.355 e. The standard InChI is InChI=1S/C12H16N6O2/c1-7(2)15-11-10(18(19)20)12(14-6-13-11)17-9(4)5-8(3)16-17/h5-7H,1-4H3,(H,13,14,15). The van der Waals surface area contributed by atoms with E-state index in [2.05, 4.69) is 20.4 Å². The largest absolute Gasteiger partial charge is 0.362 e. The minimum atomic E-state index is -0.490. The predicted octanol–water partition coefficient (Wildman–Crippen LogP) is 2.01. The van der Waals surface area contributed by atoms with E-state index >= 15 is 0 Å². The molecule has 0 aliphatic heterocycles. The van der Waals surface area contributed by atoms with Crippen molar-refractivity contribution in [3.63, 3.8) is 0 Å². The van der Waals surface area contributed by atoms with Gasteiger partial charge in [-0.2, -0.15) is 5.10 Å². The van der Waals surface area contributed by atoms with E-state index in [1.54, 1.807) is 0 Å². The highest BCUT2D eigenvalue weighted by atomic mass is 16.6. The van der Waals surface area contributed by atoms with Crippen LogP contribution in [-0.4, -0.2) is 30.7 Å². The molecular weight excluding hydrogens is 260 g/mol. The van der Waals surface area contributed by atoms with Gasteiger partial charge in [-0.1, -0.05) is 0 Å². The molecule has 0 aliphatic carbocycles. The summed E-state index contributed by atoms with van der Waals surface area (Å²) in [6.07, 6.45) is 1.30. The summed E-state index contributed by atoms with van der Waals surface area (Å²) in [4.78, 5) is 18.8. The van der Waals surface area contributed by atoms with Gasteiger partial charge in [0, 0.05) is 11.7 Å². The van der Waals surface area contributed by atoms with E-state index in [1.807, 2.05) is 33.8 Å². The highest BCUT2D eigenvalue weighted by Crippen LogP contribution is 2.28. The van der Waals surface area contributed by atoms with Crippen molar-refractivity contribution in [2.24, 2.45) is 0 Å². The maximum absolute atomic E-state index is 11.4. The Morgan fingerprint density at radius 2 is 2.05 bits per heavy atom. The van der Waals surface area contributed by atoms with Crippen LogP contribution in [0.4, 0.5) is 11.5 Å². The molecule has 0 bridgehead atoms. The highest BCUT2D eigenvalue weighted by molar-refractivity contribution is 5.64. The Hall–Kier alpha value is -2.51. The van der Waals surface area contributed by atoms with E-state index in [9.17, 15) is 10.1 Å². The maximum atomic E-state index is 11.4. The fourth-order valence-electron chi connectivity index (χ4n) is 1.91. The first-order chi connectivity index (χ1) is 9.40. The summed E-state index contributed by atoms with van der Waals surface area (Å²) in [5.74, 6) is 0.362. The van der Waals surface area contributed by atoms with Gasteiger partial charge in [-0.15, -0.1) is 0 Å². The van der Waals surface area contributed by atoms with Gasteiger partial charge in [0.25, 0.3) is 0 Å². The molecule has 0 saturated carbocycles. The van der Waals surface area contributed by atoms with Crippen molar-refractivity contribution in [1.82, 2.24) is 19.7 Å². The number of aryl methyl sites for hydroxylation is 2. The summed E-state index contributed by atoms with van der Waals surface area (Å²) in [6, 6.07) is 1.86. The molecule has 0 spiro atoms. The molecule has 2 aromatic heterocycles. The molecular formula is C12H16N6O2. The second-order valence-corrected chi connectivity index (χ2v) is 4.79. The summed E-state index contributed by atoms with van der Waals surface area (Å²) < 4.78 is 1.46. The minimum Gasteiger partial charge on any atom is -0.362 e. The molecule has 8 heteroatoms. The fourth-order valence-corrected chi connectivity index (χ4v) is 1.91. The van der Waals surface area contributed by atoms with Crippen LogP contribution >= 0.6 is 0 Å². The van der Waals surface area contributed by atoms with Crippen LogP contribution in [0.3, 0.4) is 0 Å². The van der Waals surface area contributed by atoms with Gasteiger partial charge in [0.2, 0.25) is 11.6 Å². The van der Waals surface area contributed by atoms with E-state index in [4.69, 9.17) is 0 Å². The normalized spacial score (nSPS) is 10.8. The Kier molecular flexibility index (Phi) is 3.64. The minimum absolute atomic E-state index is 0.0249. The SMILES string of the molecule is Cc1cc(C)n(-c2ncnc(NC(C)C)c2[N+](=O)[O-])n1. The molecule has 106 valence electrons. The summed E-state index contributed by atoms with van der Waals surface area (Å²) in [5.41, 5.74) is 1.38. The van der Waals surface area contributed by atoms with Gasteiger partial charge < -0.3 is 5.32 Å². The second kappa shape index (κ2) is 5.24. The molecule has 0 aliphatic rings. The van der Waals surface area contributed by atoms with Crippen LogP contribution in [0.15, 0.2) is 12.4 Å². The Balaban J connectivity index is 2.64. The lowest BCUT2D eigenvalue weighted by Gasteiger charge is -2.11. The maximum Gasteiger partial charge on any atom is 0.355 e. The van der Waals surface area contributed by atoms with E-state index < -0.39 is 4.92 Å². The molecule has 2 aromatic rings. The van der Waals surface area contributed by atoms with Crippen molar-refractivity contribution in [3.8, 4) is 5.82 Å². The molecule has 2 rings (SSSR count). The average Bonchev–Trinajstić information content (AvgIpc) is 2.67. The number of rotatable bonds is 4. The number of nitro groups is 1. The summed E-state index contributed by atoms with van der Waals surface area (Å²) in [7, 11) is 0. The fraction of sp³-hybridized carbons (Fsp3) is 0.417. The van der Waals surface area contributed by atoms with E-state index in [0.717, 1.165) is 11.4 Å². The number of hydrogen-bond donors (Lipinski definition) is 1. The number of hydrogen-bond acceptors (Lipinski definition) is 6. The first-order valence-electron chi connectivity index (χ1n) is 6.19. The summed E-state index contributed by atoms with van der Waals surface area (Å²) >= 11 is 0. The zero-order valence-corrected chi connectivity index (χ0v) is 11.8. The van der Waals surface area contributed by atoms with Crippen molar-refractivity contribution in [1.29, 1.82) is 0 Å². The average molecular weight is 276 g/mol. The summed E-state index contributed by atoms with van der Waals surface area (Å²) in [5, 5.41) is 18.6. The first-order valence-corrected chi connectivity index (χ1v) is 6.19. The quantitative estimate of drug-likeness (QED) is 0.677. The molecule has 2 heterocycles. The number of aromatic nitrogens is 4. The molecule has 1 N–H and O–H groups in total. The van der Waals surface area contributed by atoms with E-state index in [0.29, 0.717) is 0 Å². The van der Waals surface area contributed by atoms with Gasteiger partial charge in [0.05, 0.1) is 10.6 Å². The monoisotopic (exact) mass is 276 g/mol. The molecule has 8 nitrogen and oxygen atoms in total. The van der Waals surface area contributed by atoms with Crippen molar-refractivity contribution < 1.29 is 4.92 Å². The number of nitrogens with one attached hydrogen (secondary N) is 1. The first kappa shape index (κ1) is 13.9. The van der Waals surface area contributed by atoms with Crippen molar-refractivity contribution in [2.75, 3.05) is 5.32 Å². The highest BCUT2D eigenvalue weighted by Gasteiger charge is 2.26. The molecule has 0 fully saturated rings. The van der Waals surface area contributed by atoms with Crippen molar-refractivity contribution in [2.45, 2.75) is 33.7 Å². The Morgan fingerprint density at radius 3 is 2.55 bits per heavy atom. The van der Waals surface area contributed by atoms with Crippen LogP contribution in [0.2, 0.25) is 0 Å². The predicted molar refractivity (Wildman–Crippen MR) is 74.0 cm³/mol. The van der Waals surface area contributed by atoms with Crippen LogP contribution < -0.4 is 5.32 Å². The number of anilines is 1. The van der Waals surface area contributed by atoms with Gasteiger partial charge in [0.15, 0.2) is 0 Å². The molecule has 0 radical (unpaired) electrons. The molecule has 20 heavy (non-hydrogen) atoms. The molecule has 0 unspecified atom stereocenters. The third-order valence-electron chi connectivity index (χ3n) is 2.62. The van der Waals surface area contributed by atoms with Crippen LogP contribution in [0.1, 0.15) is 25.2 Å². The van der Waals surface area contributed by atoms with Crippen molar-refractivity contribution in [3.05, 3.63) is 33.9 Å². The third kappa shape index (κ3) is 2.58. The zero-order chi connectivity index (χ0) is 14.9. The lowest BCUT2D eigenvalue weighted by atomic mass is 10.3. The van der Waals surface area contributed by atoms with Crippen LogP contribution in [0.25, 0.3) is 5.82 Å². The van der Waals surface area contributed by atoms with Gasteiger partial charge in [0.1, 0.15) is 6.33 Å². The molecule has 0 amide bonds. The van der Waals surface area contributed by atoms with Crippen LogP contribution in [0, 0.1) is 24.0 Å². The van der Waals surface area contributed by atoms with Crippen LogP contribution in [0.5, 0.6) is 0 Å². The molecule has 0 saturated heterocycles. The van der Waals surface area contributed by atoms with Gasteiger partial charge in [-0.05, 0) is 33.8 Å². The van der Waals surface area contributed by atoms with Gasteiger partial charge >= 0.3 is 5.69 Å². The topological polar surface area (TPSA) is 98.8 Å². The lowest BCUT2D eigenvalue weighted by molar-refractivity contribution is -0.384. The summed E-state index contributed by atoms with van der Waals surface area (Å²) in [6.45, 7) is 7.41. The number of nitrogens with zero attached hydrogens (tertiary/aromatic N) is 5. The zero-order valence-electron chi connectivity index (χ0n) is 11.8. The van der Waals surface area contributed by atoms with Gasteiger partial charge in [-0.25, -0.2) is 14.6 Å². The van der Waals surface area contributed by atoms with E-state index in [-0.39, 0.29) is 23.4 Å². The Bertz CT molecular complexity index is 649. The Labute approximate surface area is 116 Å².